The fourth-order valence-corrected chi connectivity index (χ4v) is 2.92. The van der Waals surface area contributed by atoms with Crippen LogP contribution in [0.25, 0.3) is 0 Å². The maximum absolute atomic E-state index is 11.8. The molecule has 1 fully saturated rings. The Morgan fingerprint density at radius 3 is 2.81 bits per heavy atom. The first kappa shape index (κ1) is 12.3. The van der Waals surface area contributed by atoms with E-state index in [1.54, 1.807) is 0 Å². The van der Waals surface area contributed by atoms with E-state index in [0.29, 0.717) is 11.7 Å². The van der Waals surface area contributed by atoms with E-state index in [1.165, 1.54) is 11.1 Å². The van der Waals surface area contributed by atoms with E-state index in [0.717, 1.165) is 23.7 Å². The molecule has 1 aliphatic rings. The lowest BCUT2D eigenvalue weighted by atomic mass is 10.0. The zero-order valence-electron chi connectivity index (χ0n) is 9.17. The highest BCUT2D eigenvalue weighted by molar-refractivity contribution is 9.10. The van der Waals surface area contributed by atoms with Gasteiger partial charge in [0.15, 0.2) is 0 Å². The van der Waals surface area contributed by atoms with Crippen LogP contribution in [-0.2, 0) is 11.2 Å². The minimum absolute atomic E-state index is 0.0204. The summed E-state index contributed by atoms with van der Waals surface area (Å²) in [5, 5.41) is 0. The van der Waals surface area contributed by atoms with Crippen LogP contribution in [0, 0.1) is 12.8 Å². The molecule has 0 aromatic heterocycles. The third-order valence-electron chi connectivity index (χ3n) is 3.07. The Bertz CT molecular complexity index is 410. The molecule has 1 unspecified atom stereocenters. The largest absolute Gasteiger partial charge is 0.298 e. The molecule has 0 radical (unpaired) electrons. The molecule has 0 amide bonds. The number of ketones is 1. The molecule has 1 aromatic rings. The Hall–Kier alpha value is -0.150. The standard InChI is InChI=1S/C13H14Br2O/c1-8-10(3-2-4-11(8)14)7-12(15)13(16)9-5-6-9/h2-4,9,12H,5-7H2,1H3. The molecule has 1 atom stereocenters. The number of hydrogen-bond donors (Lipinski definition) is 0. The van der Waals surface area contributed by atoms with Crippen LogP contribution in [0.5, 0.6) is 0 Å². The Balaban J connectivity index is 2.08. The van der Waals surface area contributed by atoms with Gasteiger partial charge in [0.25, 0.3) is 0 Å². The number of Topliss-reactive ketones (excluding diaryl/α,β-unsaturated/α-hetero) is 1. The zero-order valence-corrected chi connectivity index (χ0v) is 12.3. The second kappa shape index (κ2) is 5.01. The normalized spacial score (nSPS) is 17.2. The number of carbonyl (C=O) groups excluding carboxylic acids is 1. The summed E-state index contributed by atoms with van der Waals surface area (Å²) < 4.78 is 1.11. The van der Waals surface area contributed by atoms with Crippen molar-refractivity contribution in [2.24, 2.45) is 5.92 Å². The average molecular weight is 346 g/mol. The van der Waals surface area contributed by atoms with Gasteiger partial charge in [0.05, 0.1) is 4.83 Å². The van der Waals surface area contributed by atoms with Gasteiger partial charge in [-0.15, -0.1) is 0 Å². The first-order valence-electron chi connectivity index (χ1n) is 5.51. The lowest BCUT2D eigenvalue weighted by Crippen LogP contribution is -2.18. The third-order valence-corrected chi connectivity index (χ3v) is 4.70. The Morgan fingerprint density at radius 2 is 2.19 bits per heavy atom. The van der Waals surface area contributed by atoms with Crippen molar-refractivity contribution < 1.29 is 4.79 Å². The fraction of sp³-hybridized carbons (Fsp3) is 0.462. The van der Waals surface area contributed by atoms with Crippen molar-refractivity contribution in [3.63, 3.8) is 0 Å². The third kappa shape index (κ3) is 2.75. The lowest BCUT2D eigenvalue weighted by Gasteiger charge is -2.11. The van der Waals surface area contributed by atoms with E-state index in [9.17, 15) is 4.79 Å². The summed E-state index contributed by atoms with van der Waals surface area (Å²) in [6.07, 6.45) is 2.96. The van der Waals surface area contributed by atoms with Crippen LogP contribution in [0.1, 0.15) is 24.0 Å². The quantitative estimate of drug-likeness (QED) is 0.752. The highest BCUT2D eigenvalue weighted by Crippen LogP contribution is 2.33. The molecule has 0 N–H and O–H groups in total. The van der Waals surface area contributed by atoms with Crippen LogP contribution in [0.2, 0.25) is 0 Å². The van der Waals surface area contributed by atoms with Gasteiger partial charge in [0.1, 0.15) is 5.78 Å². The topological polar surface area (TPSA) is 17.1 Å². The minimum atomic E-state index is -0.0204. The second-order valence-corrected chi connectivity index (χ2v) is 6.33. The van der Waals surface area contributed by atoms with Crippen LogP contribution >= 0.6 is 31.9 Å². The van der Waals surface area contributed by atoms with E-state index in [1.807, 2.05) is 12.1 Å². The van der Waals surface area contributed by atoms with Gasteiger partial charge in [-0.05, 0) is 43.4 Å². The van der Waals surface area contributed by atoms with Crippen molar-refractivity contribution >= 4 is 37.6 Å². The molecule has 0 spiro atoms. The SMILES string of the molecule is Cc1c(Br)cccc1CC(Br)C(=O)C1CC1. The van der Waals surface area contributed by atoms with Crippen LogP contribution in [0.3, 0.4) is 0 Å². The molecule has 1 nitrogen and oxygen atoms in total. The number of alkyl halides is 1. The van der Waals surface area contributed by atoms with Crippen molar-refractivity contribution in [1.29, 1.82) is 0 Å². The lowest BCUT2D eigenvalue weighted by molar-refractivity contribution is -0.119. The van der Waals surface area contributed by atoms with Crippen LogP contribution in [0.4, 0.5) is 0 Å². The van der Waals surface area contributed by atoms with Crippen molar-refractivity contribution in [2.75, 3.05) is 0 Å². The van der Waals surface area contributed by atoms with Gasteiger partial charge in [-0.2, -0.15) is 0 Å². The summed E-state index contributed by atoms with van der Waals surface area (Å²) >= 11 is 7.03. The molecular weight excluding hydrogens is 332 g/mol. The molecule has 2 rings (SSSR count). The highest BCUT2D eigenvalue weighted by atomic mass is 79.9. The van der Waals surface area contributed by atoms with Crippen LogP contribution in [-0.4, -0.2) is 10.6 Å². The Labute approximate surface area is 113 Å². The van der Waals surface area contributed by atoms with Gasteiger partial charge >= 0.3 is 0 Å². The first-order chi connectivity index (χ1) is 7.59. The molecule has 16 heavy (non-hydrogen) atoms. The van der Waals surface area contributed by atoms with Gasteiger partial charge in [0, 0.05) is 10.4 Å². The maximum atomic E-state index is 11.8. The van der Waals surface area contributed by atoms with E-state index in [-0.39, 0.29) is 4.83 Å². The van der Waals surface area contributed by atoms with Gasteiger partial charge in [-0.25, -0.2) is 0 Å². The van der Waals surface area contributed by atoms with Crippen molar-refractivity contribution in [1.82, 2.24) is 0 Å². The highest BCUT2D eigenvalue weighted by Gasteiger charge is 2.33. The second-order valence-electron chi connectivity index (χ2n) is 4.37. The molecule has 86 valence electrons. The summed E-state index contributed by atoms with van der Waals surface area (Å²) in [4.78, 5) is 11.8. The van der Waals surface area contributed by atoms with Gasteiger partial charge < -0.3 is 0 Å². The molecule has 0 aliphatic heterocycles. The predicted octanol–water partition coefficient (Wildman–Crippen LogP) is 4.04. The number of carbonyl (C=O) groups is 1. The summed E-state index contributed by atoms with van der Waals surface area (Å²) in [5.74, 6) is 0.705. The predicted molar refractivity (Wildman–Crippen MR) is 73.0 cm³/mol. The van der Waals surface area contributed by atoms with Crippen molar-refractivity contribution in [3.8, 4) is 0 Å². The maximum Gasteiger partial charge on any atom is 0.149 e. The van der Waals surface area contributed by atoms with Gasteiger partial charge in [-0.3, -0.25) is 4.79 Å². The van der Waals surface area contributed by atoms with Crippen molar-refractivity contribution in [3.05, 3.63) is 33.8 Å². The van der Waals surface area contributed by atoms with Gasteiger partial charge in [-0.1, -0.05) is 44.0 Å². The zero-order chi connectivity index (χ0) is 11.7. The van der Waals surface area contributed by atoms with Crippen LogP contribution < -0.4 is 0 Å². The summed E-state index contributed by atoms with van der Waals surface area (Å²) in [6, 6.07) is 6.15. The number of halogens is 2. The summed E-state index contributed by atoms with van der Waals surface area (Å²) in [7, 11) is 0. The fourth-order valence-electron chi connectivity index (χ4n) is 1.79. The molecule has 3 heteroatoms. The summed E-state index contributed by atoms with van der Waals surface area (Å²) in [5.41, 5.74) is 2.47. The van der Waals surface area contributed by atoms with E-state index < -0.39 is 0 Å². The Kier molecular flexibility index (Phi) is 3.85. The molecule has 1 aliphatic carbocycles. The van der Waals surface area contributed by atoms with E-state index in [2.05, 4.69) is 44.8 Å². The smallest absolute Gasteiger partial charge is 0.149 e. The molecule has 0 bridgehead atoms. The number of rotatable bonds is 4. The first-order valence-corrected chi connectivity index (χ1v) is 7.22. The van der Waals surface area contributed by atoms with Crippen molar-refractivity contribution in [2.45, 2.75) is 31.0 Å². The molecular formula is C13H14Br2O. The average Bonchev–Trinajstić information content (AvgIpc) is 3.07. The van der Waals surface area contributed by atoms with E-state index in [4.69, 9.17) is 0 Å². The summed E-state index contributed by atoms with van der Waals surface area (Å²) in [6.45, 7) is 2.08. The number of hydrogen-bond acceptors (Lipinski definition) is 1. The monoisotopic (exact) mass is 344 g/mol. The molecule has 1 saturated carbocycles. The molecule has 1 aromatic carbocycles. The molecule has 0 heterocycles. The minimum Gasteiger partial charge on any atom is -0.298 e. The van der Waals surface area contributed by atoms with Gasteiger partial charge in [0.2, 0.25) is 0 Å². The van der Waals surface area contributed by atoms with Crippen LogP contribution in [0.15, 0.2) is 22.7 Å². The molecule has 0 saturated heterocycles. The number of benzene rings is 1. The Morgan fingerprint density at radius 1 is 1.50 bits per heavy atom. The van der Waals surface area contributed by atoms with E-state index >= 15 is 0 Å².